The third-order valence-electron chi connectivity index (χ3n) is 4.07. The van der Waals surface area contributed by atoms with Crippen molar-refractivity contribution in [3.63, 3.8) is 0 Å². The first kappa shape index (κ1) is 14.5. The molecule has 1 amide bonds. The van der Waals surface area contributed by atoms with E-state index in [0.717, 1.165) is 44.2 Å². The van der Waals surface area contributed by atoms with E-state index in [1.165, 1.54) is 0 Å². The standard InChI is InChI=1S/C14H23N5O2/c1-10(8-19-2-4-21-5-3-19)18-14(20)12-6-11-13(7-15-12)17-9-16-11/h9-10,12,15H,2-8H2,1H3,(H,16,17)(H,18,20). The van der Waals surface area contributed by atoms with Gasteiger partial charge in [-0.15, -0.1) is 0 Å². The Morgan fingerprint density at radius 1 is 1.57 bits per heavy atom. The van der Waals surface area contributed by atoms with E-state index in [4.69, 9.17) is 4.74 Å². The topological polar surface area (TPSA) is 82.3 Å². The number of hydrogen-bond acceptors (Lipinski definition) is 5. The van der Waals surface area contributed by atoms with Crippen molar-refractivity contribution < 1.29 is 9.53 Å². The highest BCUT2D eigenvalue weighted by molar-refractivity contribution is 5.82. The molecule has 7 nitrogen and oxygen atoms in total. The molecule has 3 N–H and O–H groups in total. The Bertz CT molecular complexity index is 483. The van der Waals surface area contributed by atoms with Crippen molar-refractivity contribution in [3.05, 3.63) is 17.7 Å². The van der Waals surface area contributed by atoms with Crippen LogP contribution < -0.4 is 10.6 Å². The van der Waals surface area contributed by atoms with Crippen LogP contribution in [0.3, 0.4) is 0 Å². The van der Waals surface area contributed by atoms with Gasteiger partial charge in [-0.2, -0.15) is 0 Å². The van der Waals surface area contributed by atoms with Crippen molar-refractivity contribution in [2.24, 2.45) is 0 Å². The molecule has 2 aliphatic heterocycles. The highest BCUT2D eigenvalue weighted by Crippen LogP contribution is 2.12. The zero-order valence-corrected chi connectivity index (χ0v) is 12.4. The molecule has 2 atom stereocenters. The summed E-state index contributed by atoms with van der Waals surface area (Å²) in [5, 5.41) is 6.35. The quantitative estimate of drug-likeness (QED) is 0.681. The van der Waals surface area contributed by atoms with Crippen molar-refractivity contribution in [2.75, 3.05) is 32.8 Å². The van der Waals surface area contributed by atoms with Crippen LogP contribution in [0.15, 0.2) is 6.33 Å². The molecule has 0 spiro atoms. The first-order valence-corrected chi connectivity index (χ1v) is 7.57. The van der Waals surface area contributed by atoms with E-state index in [0.29, 0.717) is 13.0 Å². The minimum atomic E-state index is -0.187. The van der Waals surface area contributed by atoms with Gasteiger partial charge in [-0.3, -0.25) is 15.0 Å². The number of nitrogens with zero attached hydrogens (tertiary/aromatic N) is 2. The zero-order valence-electron chi connectivity index (χ0n) is 12.4. The van der Waals surface area contributed by atoms with E-state index >= 15 is 0 Å². The first-order chi connectivity index (χ1) is 10.2. The first-order valence-electron chi connectivity index (χ1n) is 7.57. The lowest BCUT2D eigenvalue weighted by molar-refractivity contribution is -0.124. The van der Waals surface area contributed by atoms with Gasteiger partial charge in [-0.25, -0.2) is 4.98 Å². The molecule has 1 aromatic heterocycles. The SMILES string of the molecule is CC(CN1CCOCC1)NC(=O)C1Cc2nc[nH]c2CN1. The zero-order chi connectivity index (χ0) is 14.7. The summed E-state index contributed by atoms with van der Waals surface area (Å²) in [6.07, 6.45) is 2.34. The van der Waals surface area contributed by atoms with Gasteiger partial charge in [0, 0.05) is 38.6 Å². The van der Waals surface area contributed by atoms with E-state index in [1.54, 1.807) is 6.33 Å². The number of aromatic amines is 1. The van der Waals surface area contributed by atoms with Crippen LogP contribution in [-0.4, -0.2) is 65.7 Å². The molecule has 3 heterocycles. The van der Waals surface area contributed by atoms with E-state index in [9.17, 15) is 4.79 Å². The number of carbonyl (C=O) groups is 1. The number of aromatic nitrogens is 2. The Kier molecular flexibility index (Phi) is 4.52. The normalized spacial score (nSPS) is 24.3. The van der Waals surface area contributed by atoms with Crippen LogP contribution in [0.5, 0.6) is 0 Å². The summed E-state index contributed by atoms with van der Waals surface area (Å²) in [7, 11) is 0. The van der Waals surface area contributed by atoms with Crippen LogP contribution in [0.1, 0.15) is 18.3 Å². The third kappa shape index (κ3) is 3.61. The van der Waals surface area contributed by atoms with Gasteiger partial charge in [-0.1, -0.05) is 0 Å². The molecule has 0 aliphatic carbocycles. The van der Waals surface area contributed by atoms with Gasteiger partial charge in [0.05, 0.1) is 37.0 Å². The largest absolute Gasteiger partial charge is 0.379 e. The predicted molar refractivity (Wildman–Crippen MR) is 77.8 cm³/mol. The minimum Gasteiger partial charge on any atom is -0.379 e. The number of ether oxygens (including phenoxy) is 1. The van der Waals surface area contributed by atoms with Crippen molar-refractivity contribution in [1.82, 2.24) is 25.5 Å². The summed E-state index contributed by atoms with van der Waals surface area (Å²) >= 11 is 0. The summed E-state index contributed by atoms with van der Waals surface area (Å²) in [5.74, 6) is 0.0596. The van der Waals surface area contributed by atoms with Crippen molar-refractivity contribution in [2.45, 2.75) is 32.0 Å². The van der Waals surface area contributed by atoms with Gasteiger partial charge in [-0.05, 0) is 6.92 Å². The molecular formula is C14H23N5O2. The van der Waals surface area contributed by atoms with Crippen LogP contribution >= 0.6 is 0 Å². The molecule has 0 radical (unpaired) electrons. The maximum absolute atomic E-state index is 12.3. The van der Waals surface area contributed by atoms with E-state index in [1.807, 2.05) is 0 Å². The fraction of sp³-hybridized carbons (Fsp3) is 0.714. The van der Waals surface area contributed by atoms with Crippen LogP contribution in [0.25, 0.3) is 0 Å². The Balaban J connectivity index is 1.47. The molecule has 3 rings (SSSR count). The summed E-state index contributed by atoms with van der Waals surface area (Å²) in [6.45, 7) is 7.05. The number of amides is 1. The second-order valence-electron chi connectivity index (χ2n) is 5.79. The second-order valence-corrected chi connectivity index (χ2v) is 5.79. The number of imidazole rings is 1. The van der Waals surface area contributed by atoms with Gasteiger partial charge in [0.1, 0.15) is 0 Å². The number of H-pyrrole nitrogens is 1. The second kappa shape index (κ2) is 6.55. The van der Waals surface area contributed by atoms with Crippen molar-refractivity contribution >= 4 is 5.91 Å². The Morgan fingerprint density at radius 3 is 3.19 bits per heavy atom. The Hall–Kier alpha value is -1.44. The lowest BCUT2D eigenvalue weighted by Gasteiger charge is -2.30. The fourth-order valence-electron chi connectivity index (χ4n) is 2.91. The number of carbonyl (C=O) groups excluding carboxylic acids is 1. The number of rotatable bonds is 4. The third-order valence-corrected chi connectivity index (χ3v) is 4.07. The summed E-state index contributed by atoms with van der Waals surface area (Å²) in [4.78, 5) is 22.0. The fourth-order valence-corrected chi connectivity index (χ4v) is 2.91. The monoisotopic (exact) mass is 293 g/mol. The summed E-state index contributed by atoms with van der Waals surface area (Å²) in [6, 6.07) is -0.0501. The number of morpholine rings is 1. The van der Waals surface area contributed by atoms with Gasteiger partial charge in [0.15, 0.2) is 0 Å². The average Bonchev–Trinajstić information content (AvgIpc) is 2.95. The number of fused-ring (bicyclic) bond motifs is 1. The van der Waals surface area contributed by atoms with Gasteiger partial charge in [0.25, 0.3) is 0 Å². The van der Waals surface area contributed by atoms with Crippen LogP contribution in [-0.2, 0) is 22.5 Å². The molecule has 1 aromatic rings. The highest BCUT2D eigenvalue weighted by atomic mass is 16.5. The van der Waals surface area contributed by atoms with E-state index in [2.05, 4.69) is 32.4 Å². The molecule has 1 saturated heterocycles. The molecule has 0 saturated carbocycles. The van der Waals surface area contributed by atoms with Crippen LogP contribution in [0.2, 0.25) is 0 Å². The lowest BCUT2D eigenvalue weighted by atomic mass is 10.0. The number of hydrogen-bond donors (Lipinski definition) is 3. The van der Waals surface area contributed by atoms with E-state index < -0.39 is 0 Å². The molecule has 2 unspecified atom stereocenters. The number of nitrogens with one attached hydrogen (secondary N) is 3. The average molecular weight is 293 g/mol. The van der Waals surface area contributed by atoms with E-state index in [-0.39, 0.29) is 18.0 Å². The van der Waals surface area contributed by atoms with Gasteiger partial charge >= 0.3 is 0 Å². The molecule has 116 valence electrons. The molecule has 0 aromatic carbocycles. The highest BCUT2D eigenvalue weighted by Gasteiger charge is 2.26. The molecule has 7 heteroatoms. The smallest absolute Gasteiger partial charge is 0.237 e. The molecule has 2 aliphatic rings. The minimum absolute atomic E-state index is 0.0596. The predicted octanol–water partition coefficient (Wildman–Crippen LogP) is -0.739. The van der Waals surface area contributed by atoms with Crippen molar-refractivity contribution in [1.29, 1.82) is 0 Å². The summed E-state index contributed by atoms with van der Waals surface area (Å²) in [5.41, 5.74) is 2.08. The van der Waals surface area contributed by atoms with Gasteiger partial charge in [0.2, 0.25) is 5.91 Å². The van der Waals surface area contributed by atoms with Gasteiger partial charge < -0.3 is 15.0 Å². The maximum atomic E-state index is 12.3. The summed E-state index contributed by atoms with van der Waals surface area (Å²) < 4.78 is 5.33. The maximum Gasteiger partial charge on any atom is 0.237 e. The van der Waals surface area contributed by atoms with Crippen molar-refractivity contribution in [3.8, 4) is 0 Å². The molecule has 0 bridgehead atoms. The van der Waals surface area contributed by atoms with Crippen LogP contribution in [0, 0.1) is 0 Å². The molecule has 21 heavy (non-hydrogen) atoms. The molecule has 1 fully saturated rings. The lowest BCUT2D eigenvalue weighted by Crippen LogP contribution is -2.52. The molecular weight excluding hydrogens is 270 g/mol. The van der Waals surface area contributed by atoms with Crippen LogP contribution in [0.4, 0.5) is 0 Å². The Labute approximate surface area is 124 Å². The Morgan fingerprint density at radius 2 is 2.38 bits per heavy atom.